The van der Waals surface area contributed by atoms with Crippen LogP contribution in [0.4, 0.5) is 5.69 Å². The second-order valence-corrected chi connectivity index (χ2v) is 11.3. The Labute approximate surface area is 241 Å². The number of nitrogens with one attached hydrogen (secondary N) is 2. The smallest absolute Gasteiger partial charge is 0.323 e. The van der Waals surface area contributed by atoms with E-state index >= 15 is 0 Å². The Morgan fingerprint density at radius 2 is 1.80 bits per heavy atom. The van der Waals surface area contributed by atoms with Crippen molar-refractivity contribution in [3.63, 3.8) is 0 Å². The number of aromatic amines is 1. The standard InChI is InChI=1S/C27H25N3O9S2/c1-3-38-17-10-13(4-9-16(17)39-12-18(31)28-14-5-7-15(37-2)8-6-14)20-21-23(40-24-22(20)41-27(36)29-24)26(35)30(25(21)34)11-19(32)33/h4-10,20-21,23H,3,11-12H2,1-2H3,(H,28,31)(H,29,36)(H,32,33)/t20-,21+,23-/m0/s1. The molecule has 0 bridgehead atoms. The number of ether oxygens (including phenoxy) is 3. The molecule has 1 fully saturated rings. The largest absolute Gasteiger partial charge is 0.497 e. The van der Waals surface area contributed by atoms with Crippen LogP contribution < -0.4 is 24.4 Å². The number of H-pyrrole nitrogens is 1. The number of anilines is 1. The first-order chi connectivity index (χ1) is 19.7. The summed E-state index contributed by atoms with van der Waals surface area (Å²) in [4.78, 5) is 66.3. The molecule has 3 heterocycles. The van der Waals surface area contributed by atoms with Gasteiger partial charge >= 0.3 is 10.8 Å². The Balaban J connectivity index is 1.41. The fourth-order valence-electron chi connectivity index (χ4n) is 4.84. The molecule has 0 unspecified atom stereocenters. The van der Waals surface area contributed by atoms with Gasteiger partial charge in [0.15, 0.2) is 18.1 Å². The minimum absolute atomic E-state index is 0.275. The number of thiazole rings is 1. The molecule has 2 aromatic carbocycles. The average molecular weight is 600 g/mol. The Bertz CT molecular complexity index is 1570. The normalized spacial score (nSPS) is 19.4. The van der Waals surface area contributed by atoms with E-state index in [-0.39, 0.29) is 23.8 Å². The quantitative estimate of drug-likeness (QED) is 0.295. The lowest BCUT2D eigenvalue weighted by Crippen LogP contribution is -2.36. The van der Waals surface area contributed by atoms with Gasteiger partial charge in [0.05, 0.1) is 24.7 Å². The van der Waals surface area contributed by atoms with Crippen molar-refractivity contribution in [3.05, 3.63) is 62.6 Å². The van der Waals surface area contributed by atoms with Gasteiger partial charge in [0.25, 0.3) is 5.91 Å². The number of aliphatic carboxylic acids is 1. The number of fused-ring (bicyclic) bond motifs is 2. The van der Waals surface area contributed by atoms with Gasteiger partial charge in [-0.05, 0) is 48.9 Å². The first-order valence-corrected chi connectivity index (χ1v) is 14.2. The number of carbonyl (C=O) groups excluding carboxylic acids is 3. The van der Waals surface area contributed by atoms with Crippen molar-refractivity contribution in [1.29, 1.82) is 0 Å². The third kappa shape index (κ3) is 5.65. The number of benzene rings is 2. The molecule has 14 heteroatoms. The number of carboxylic acids is 1. The van der Waals surface area contributed by atoms with Crippen LogP contribution in [0.15, 0.2) is 52.3 Å². The van der Waals surface area contributed by atoms with Crippen LogP contribution in [-0.4, -0.2) is 70.8 Å². The minimum Gasteiger partial charge on any atom is -0.497 e. The highest BCUT2D eigenvalue weighted by Gasteiger charge is 2.56. The second-order valence-electron chi connectivity index (χ2n) is 9.11. The Hall–Kier alpha value is -4.30. The van der Waals surface area contributed by atoms with Crippen molar-refractivity contribution in [2.75, 3.05) is 32.2 Å². The van der Waals surface area contributed by atoms with E-state index < -0.39 is 47.3 Å². The van der Waals surface area contributed by atoms with E-state index in [1.54, 1.807) is 56.5 Å². The molecule has 41 heavy (non-hydrogen) atoms. The monoisotopic (exact) mass is 599 g/mol. The number of hydrogen-bond donors (Lipinski definition) is 3. The van der Waals surface area contributed by atoms with Crippen molar-refractivity contribution in [3.8, 4) is 17.2 Å². The number of aromatic nitrogens is 1. The molecule has 214 valence electrons. The lowest BCUT2D eigenvalue weighted by molar-refractivity contribution is -0.149. The Kier molecular flexibility index (Phi) is 8.03. The zero-order chi connectivity index (χ0) is 29.3. The highest BCUT2D eigenvalue weighted by atomic mass is 32.2. The van der Waals surface area contributed by atoms with Gasteiger partial charge in [-0.15, -0.1) is 0 Å². The molecular weight excluding hydrogens is 574 g/mol. The Morgan fingerprint density at radius 1 is 1.05 bits per heavy atom. The van der Waals surface area contributed by atoms with Gasteiger partial charge in [-0.25, -0.2) is 0 Å². The van der Waals surface area contributed by atoms with E-state index in [2.05, 4.69) is 10.3 Å². The van der Waals surface area contributed by atoms with Crippen LogP contribution in [0.1, 0.15) is 23.3 Å². The molecule has 3 atom stereocenters. The molecule has 1 aromatic heterocycles. The highest BCUT2D eigenvalue weighted by molar-refractivity contribution is 8.00. The van der Waals surface area contributed by atoms with Gasteiger partial charge in [0, 0.05) is 16.5 Å². The van der Waals surface area contributed by atoms with Crippen LogP contribution >= 0.6 is 23.1 Å². The molecular formula is C27H25N3O9S2. The van der Waals surface area contributed by atoms with Crippen LogP contribution in [0.3, 0.4) is 0 Å². The number of nitrogens with zero attached hydrogens (tertiary/aromatic N) is 1. The van der Waals surface area contributed by atoms with E-state index in [9.17, 15) is 29.1 Å². The van der Waals surface area contributed by atoms with Gasteiger partial charge < -0.3 is 29.6 Å². The van der Waals surface area contributed by atoms with Crippen LogP contribution in [0.5, 0.6) is 17.2 Å². The van der Waals surface area contributed by atoms with E-state index in [0.717, 1.165) is 28.0 Å². The number of imide groups is 1. The third-order valence-corrected chi connectivity index (χ3v) is 8.97. The van der Waals surface area contributed by atoms with Crippen molar-refractivity contribution in [1.82, 2.24) is 9.88 Å². The maximum Gasteiger partial charge on any atom is 0.323 e. The number of methoxy groups -OCH3 is 1. The number of hydrogen-bond acceptors (Lipinski definition) is 10. The predicted molar refractivity (Wildman–Crippen MR) is 149 cm³/mol. The molecule has 0 radical (unpaired) electrons. The SMILES string of the molecule is CCOc1cc([C@@H]2c3sc(=O)[nH]c3S[C@@H]3C(=O)N(CC(=O)O)C(=O)[C@H]23)ccc1OCC(=O)Nc1ccc(OC)cc1. The summed E-state index contributed by atoms with van der Waals surface area (Å²) in [5.41, 5.74) is 1.15. The lowest BCUT2D eigenvalue weighted by atomic mass is 9.83. The van der Waals surface area contributed by atoms with Crippen LogP contribution in [0, 0.1) is 5.92 Å². The summed E-state index contributed by atoms with van der Waals surface area (Å²) in [7, 11) is 1.55. The van der Waals surface area contributed by atoms with Crippen molar-refractivity contribution in [2.24, 2.45) is 5.92 Å². The van der Waals surface area contributed by atoms with Gasteiger partial charge in [0.1, 0.15) is 17.5 Å². The van der Waals surface area contributed by atoms with Crippen molar-refractivity contribution >= 4 is 52.5 Å². The number of carbonyl (C=O) groups is 4. The summed E-state index contributed by atoms with van der Waals surface area (Å²) in [6.07, 6.45) is 0. The van der Waals surface area contributed by atoms with Crippen molar-refractivity contribution < 1.29 is 38.5 Å². The maximum atomic E-state index is 13.4. The maximum absolute atomic E-state index is 13.4. The molecule has 3 N–H and O–H groups in total. The number of rotatable bonds is 10. The summed E-state index contributed by atoms with van der Waals surface area (Å²) < 4.78 is 16.7. The number of amides is 3. The van der Waals surface area contributed by atoms with Crippen LogP contribution in [0.2, 0.25) is 0 Å². The molecule has 1 saturated heterocycles. The zero-order valence-corrected chi connectivity index (χ0v) is 23.5. The van der Waals surface area contributed by atoms with Gasteiger partial charge in [-0.1, -0.05) is 29.2 Å². The third-order valence-electron chi connectivity index (χ3n) is 6.57. The molecule has 2 aliphatic heterocycles. The summed E-state index contributed by atoms with van der Waals surface area (Å²) in [6, 6.07) is 11.8. The summed E-state index contributed by atoms with van der Waals surface area (Å²) in [6.45, 7) is 1.00. The molecule has 2 aliphatic rings. The zero-order valence-electron chi connectivity index (χ0n) is 21.9. The molecule has 0 saturated carbocycles. The fourth-order valence-corrected chi connectivity index (χ4v) is 7.38. The van der Waals surface area contributed by atoms with Crippen LogP contribution in [-0.2, 0) is 19.2 Å². The lowest BCUT2D eigenvalue weighted by Gasteiger charge is -2.30. The highest BCUT2D eigenvalue weighted by Crippen LogP contribution is 2.53. The summed E-state index contributed by atoms with van der Waals surface area (Å²) >= 11 is 2.00. The minimum atomic E-state index is -1.30. The second kappa shape index (κ2) is 11.7. The summed E-state index contributed by atoms with van der Waals surface area (Å²) in [5.74, 6) is -3.30. The average Bonchev–Trinajstić information content (AvgIpc) is 3.43. The van der Waals surface area contributed by atoms with Crippen LogP contribution in [0.25, 0.3) is 0 Å². The molecule has 5 rings (SSSR count). The summed E-state index contributed by atoms with van der Waals surface area (Å²) in [5, 5.41) is 11.6. The molecule has 3 aromatic rings. The molecule has 3 amide bonds. The van der Waals surface area contributed by atoms with Gasteiger partial charge in [-0.3, -0.25) is 28.9 Å². The predicted octanol–water partition coefficient (Wildman–Crippen LogP) is 2.54. The number of thioether (sulfide) groups is 1. The first kappa shape index (κ1) is 28.2. The van der Waals surface area contributed by atoms with E-state index in [0.29, 0.717) is 32.7 Å². The number of likely N-dealkylation sites (tertiary alicyclic amines) is 1. The molecule has 0 spiro atoms. The van der Waals surface area contributed by atoms with Gasteiger partial charge in [-0.2, -0.15) is 0 Å². The van der Waals surface area contributed by atoms with E-state index in [1.807, 2.05) is 0 Å². The number of carboxylic acid groups (broad SMARTS) is 1. The van der Waals surface area contributed by atoms with E-state index in [4.69, 9.17) is 14.2 Å². The van der Waals surface area contributed by atoms with E-state index in [1.165, 1.54) is 0 Å². The first-order valence-electron chi connectivity index (χ1n) is 12.5. The van der Waals surface area contributed by atoms with Crippen molar-refractivity contribution in [2.45, 2.75) is 23.1 Å². The topological polar surface area (TPSA) is 164 Å². The molecule has 12 nitrogen and oxygen atoms in total. The fraction of sp³-hybridized carbons (Fsp3) is 0.296. The Morgan fingerprint density at radius 3 is 2.49 bits per heavy atom. The molecule has 0 aliphatic carbocycles. The van der Waals surface area contributed by atoms with Gasteiger partial charge in [0.2, 0.25) is 11.8 Å².